The third kappa shape index (κ3) is 3.71. The lowest BCUT2D eigenvalue weighted by atomic mass is 10.3. The molecule has 0 atom stereocenters. The fourth-order valence-corrected chi connectivity index (χ4v) is 2.38. The van der Waals surface area contributed by atoms with E-state index in [9.17, 15) is 17.2 Å². The molecule has 0 fully saturated rings. The molecule has 0 heterocycles. The van der Waals surface area contributed by atoms with Crippen LogP contribution in [0.2, 0.25) is 0 Å². The van der Waals surface area contributed by atoms with Crippen molar-refractivity contribution in [1.82, 2.24) is 0 Å². The van der Waals surface area contributed by atoms with Crippen molar-refractivity contribution in [2.24, 2.45) is 0 Å². The molecule has 0 radical (unpaired) electrons. The van der Waals surface area contributed by atoms with Crippen LogP contribution >= 0.6 is 10.7 Å². The van der Waals surface area contributed by atoms with Crippen LogP contribution in [0.4, 0.5) is 8.78 Å². The van der Waals surface area contributed by atoms with Gasteiger partial charge in [0.15, 0.2) is 4.90 Å². The SMILES string of the molecule is COc1cccc(OCC(F)F)c1S(=O)(=O)Cl. The standard InChI is InChI=1S/C9H9ClF2O4S/c1-15-6-3-2-4-7(16-5-8(11)12)9(6)17(10,13)14/h2-4,8H,5H2,1H3. The van der Waals surface area contributed by atoms with Crippen molar-refractivity contribution in [2.45, 2.75) is 11.3 Å². The van der Waals surface area contributed by atoms with Crippen molar-refractivity contribution in [3.63, 3.8) is 0 Å². The number of hydrogen-bond donors (Lipinski definition) is 0. The zero-order chi connectivity index (χ0) is 13.1. The van der Waals surface area contributed by atoms with Crippen molar-refractivity contribution in [3.05, 3.63) is 18.2 Å². The van der Waals surface area contributed by atoms with E-state index in [1.165, 1.54) is 25.3 Å². The summed E-state index contributed by atoms with van der Waals surface area (Å²) in [6.07, 6.45) is -2.72. The molecule has 0 unspecified atom stereocenters. The Bertz CT molecular complexity index is 490. The fraction of sp³-hybridized carbons (Fsp3) is 0.333. The highest BCUT2D eigenvalue weighted by Gasteiger charge is 2.23. The van der Waals surface area contributed by atoms with Gasteiger partial charge in [0.25, 0.3) is 15.5 Å². The summed E-state index contributed by atoms with van der Waals surface area (Å²) in [5.41, 5.74) is 0. The third-order valence-electron chi connectivity index (χ3n) is 1.77. The normalized spacial score (nSPS) is 11.6. The van der Waals surface area contributed by atoms with Crippen molar-refractivity contribution in [3.8, 4) is 11.5 Å². The smallest absolute Gasteiger partial charge is 0.272 e. The molecule has 17 heavy (non-hydrogen) atoms. The Kier molecular flexibility index (Phi) is 4.53. The van der Waals surface area contributed by atoms with Gasteiger partial charge in [0.05, 0.1) is 7.11 Å². The third-order valence-corrected chi connectivity index (χ3v) is 3.12. The first-order valence-electron chi connectivity index (χ1n) is 4.39. The predicted octanol–water partition coefficient (Wildman–Crippen LogP) is 2.27. The molecular formula is C9H9ClF2O4S. The van der Waals surface area contributed by atoms with Crippen LogP contribution in [0.25, 0.3) is 0 Å². The number of halogens is 3. The summed E-state index contributed by atoms with van der Waals surface area (Å²) in [6.45, 7) is -0.924. The second-order valence-corrected chi connectivity index (χ2v) is 5.43. The molecule has 8 heteroatoms. The number of ether oxygens (including phenoxy) is 2. The molecular weight excluding hydrogens is 278 g/mol. The second-order valence-electron chi connectivity index (χ2n) is 2.93. The lowest BCUT2D eigenvalue weighted by Gasteiger charge is -2.12. The Morgan fingerprint density at radius 2 is 1.94 bits per heavy atom. The first-order valence-corrected chi connectivity index (χ1v) is 6.69. The molecule has 0 bridgehead atoms. The van der Waals surface area contributed by atoms with Crippen molar-refractivity contribution < 1.29 is 26.7 Å². The van der Waals surface area contributed by atoms with E-state index in [4.69, 9.17) is 15.4 Å². The minimum absolute atomic E-state index is 0.0632. The van der Waals surface area contributed by atoms with Gasteiger partial charge < -0.3 is 9.47 Å². The van der Waals surface area contributed by atoms with E-state index in [1.807, 2.05) is 0 Å². The highest BCUT2D eigenvalue weighted by Crippen LogP contribution is 2.35. The maximum atomic E-state index is 12.0. The summed E-state index contributed by atoms with van der Waals surface area (Å²) in [4.78, 5) is -0.454. The van der Waals surface area contributed by atoms with Crippen LogP contribution in [0.1, 0.15) is 0 Å². The fourth-order valence-electron chi connectivity index (χ4n) is 1.16. The molecule has 0 aromatic heterocycles. The molecule has 4 nitrogen and oxygen atoms in total. The molecule has 0 saturated carbocycles. The van der Waals surface area contributed by atoms with Crippen LogP contribution < -0.4 is 9.47 Å². The van der Waals surface area contributed by atoms with Gasteiger partial charge in [-0.2, -0.15) is 0 Å². The van der Waals surface area contributed by atoms with Crippen LogP contribution in [-0.4, -0.2) is 28.6 Å². The molecule has 1 aromatic carbocycles. The van der Waals surface area contributed by atoms with Crippen LogP contribution in [0.5, 0.6) is 11.5 Å². The maximum Gasteiger partial charge on any atom is 0.272 e. The van der Waals surface area contributed by atoms with Gasteiger partial charge in [-0.3, -0.25) is 0 Å². The van der Waals surface area contributed by atoms with Gasteiger partial charge in [-0.1, -0.05) is 6.07 Å². The lowest BCUT2D eigenvalue weighted by molar-refractivity contribution is 0.0802. The van der Waals surface area contributed by atoms with E-state index >= 15 is 0 Å². The van der Waals surface area contributed by atoms with Crippen molar-refractivity contribution in [1.29, 1.82) is 0 Å². The first-order chi connectivity index (χ1) is 7.86. The number of rotatable bonds is 5. The average Bonchev–Trinajstić information content (AvgIpc) is 2.24. The second kappa shape index (κ2) is 5.50. The van der Waals surface area contributed by atoms with Gasteiger partial charge in [0, 0.05) is 10.7 Å². The summed E-state index contributed by atoms with van der Waals surface area (Å²) in [7, 11) is 2.27. The summed E-state index contributed by atoms with van der Waals surface area (Å²) in [5.74, 6) is -0.327. The van der Waals surface area contributed by atoms with E-state index in [-0.39, 0.29) is 11.5 Å². The monoisotopic (exact) mass is 286 g/mol. The molecule has 0 spiro atoms. The number of methoxy groups -OCH3 is 1. The zero-order valence-electron chi connectivity index (χ0n) is 8.69. The van der Waals surface area contributed by atoms with Crippen molar-refractivity contribution >= 4 is 19.7 Å². The topological polar surface area (TPSA) is 52.6 Å². The quantitative estimate of drug-likeness (QED) is 0.779. The van der Waals surface area contributed by atoms with Gasteiger partial charge in [-0.05, 0) is 12.1 Å². The maximum absolute atomic E-state index is 12.0. The number of benzene rings is 1. The minimum Gasteiger partial charge on any atom is -0.495 e. The average molecular weight is 287 g/mol. The van der Waals surface area contributed by atoms with E-state index < -0.39 is 27.0 Å². The van der Waals surface area contributed by atoms with E-state index in [2.05, 4.69) is 4.74 Å². The van der Waals surface area contributed by atoms with E-state index in [0.29, 0.717) is 0 Å². The Hall–Kier alpha value is -1.08. The number of hydrogen-bond acceptors (Lipinski definition) is 4. The van der Waals surface area contributed by atoms with Crippen molar-refractivity contribution in [2.75, 3.05) is 13.7 Å². The largest absolute Gasteiger partial charge is 0.495 e. The predicted molar refractivity (Wildman–Crippen MR) is 57.5 cm³/mol. The Morgan fingerprint density at radius 3 is 2.41 bits per heavy atom. The van der Waals surface area contributed by atoms with E-state index in [0.717, 1.165) is 0 Å². The summed E-state index contributed by atoms with van der Waals surface area (Å²) < 4.78 is 56.0. The molecule has 0 saturated heterocycles. The van der Waals surface area contributed by atoms with Crippen LogP contribution in [0.15, 0.2) is 23.1 Å². The van der Waals surface area contributed by atoms with Gasteiger partial charge >= 0.3 is 0 Å². The molecule has 0 aliphatic heterocycles. The Morgan fingerprint density at radius 1 is 1.35 bits per heavy atom. The Balaban J connectivity index is 3.21. The molecule has 0 N–H and O–H groups in total. The minimum atomic E-state index is -4.15. The van der Waals surface area contributed by atoms with Crippen LogP contribution in [-0.2, 0) is 9.05 Å². The summed E-state index contributed by atoms with van der Waals surface area (Å²) >= 11 is 0. The van der Waals surface area contributed by atoms with Gasteiger partial charge in [0.2, 0.25) is 0 Å². The van der Waals surface area contributed by atoms with Gasteiger partial charge in [0.1, 0.15) is 18.1 Å². The van der Waals surface area contributed by atoms with Crippen LogP contribution in [0, 0.1) is 0 Å². The molecule has 96 valence electrons. The highest BCUT2D eigenvalue weighted by molar-refractivity contribution is 8.13. The molecule has 1 aromatic rings. The first kappa shape index (κ1) is 14.0. The Labute approximate surface area is 102 Å². The highest BCUT2D eigenvalue weighted by atomic mass is 35.7. The zero-order valence-corrected chi connectivity index (χ0v) is 10.3. The molecule has 0 aliphatic rings. The van der Waals surface area contributed by atoms with Gasteiger partial charge in [-0.25, -0.2) is 17.2 Å². The summed E-state index contributed by atoms with van der Waals surface area (Å²) in [5, 5.41) is 0. The molecule has 0 amide bonds. The van der Waals surface area contributed by atoms with E-state index in [1.54, 1.807) is 0 Å². The lowest BCUT2D eigenvalue weighted by Crippen LogP contribution is -2.09. The van der Waals surface area contributed by atoms with Crippen LogP contribution in [0.3, 0.4) is 0 Å². The summed E-state index contributed by atoms with van der Waals surface area (Å²) in [6, 6.07) is 3.97. The molecule has 1 rings (SSSR count). The van der Waals surface area contributed by atoms with Gasteiger partial charge in [-0.15, -0.1) is 0 Å². The molecule has 0 aliphatic carbocycles. The number of alkyl halides is 2.